The van der Waals surface area contributed by atoms with Crippen LogP contribution in [0.5, 0.6) is 0 Å². The van der Waals surface area contributed by atoms with E-state index in [9.17, 15) is 30.0 Å². The molecule has 2 fully saturated rings. The molecular formula is C30H46O7. The van der Waals surface area contributed by atoms with Crippen molar-refractivity contribution in [2.45, 2.75) is 115 Å². The Balaban J connectivity index is 1.59. The number of carbonyl (C=O) groups is 2. The first-order valence-corrected chi connectivity index (χ1v) is 14.2. The molecule has 4 aliphatic carbocycles. The van der Waals surface area contributed by atoms with Crippen LogP contribution in [0.25, 0.3) is 0 Å². The van der Waals surface area contributed by atoms with Crippen LogP contribution in [0.1, 0.15) is 92.4 Å². The summed E-state index contributed by atoms with van der Waals surface area (Å²) in [7, 11) is 0. The van der Waals surface area contributed by atoms with Gasteiger partial charge in [-0.15, -0.1) is 0 Å². The van der Waals surface area contributed by atoms with Gasteiger partial charge in [-0.25, -0.2) is 0 Å². The zero-order valence-electron chi connectivity index (χ0n) is 23.1. The molecule has 4 N–H and O–H groups in total. The van der Waals surface area contributed by atoms with Crippen molar-refractivity contribution in [2.75, 3.05) is 6.61 Å². The molecule has 7 heteroatoms. The maximum absolute atomic E-state index is 13.0. The highest BCUT2D eigenvalue weighted by Gasteiger charge is 2.86. The fraction of sp³-hybridized carbons (Fsp3) is 0.800. The predicted octanol–water partition coefficient (Wildman–Crippen LogP) is 3.62. The molecule has 8 atom stereocenters. The van der Waals surface area contributed by atoms with E-state index in [1.165, 1.54) is 25.7 Å². The highest BCUT2D eigenvalue weighted by molar-refractivity contribution is 6.04. The van der Waals surface area contributed by atoms with Gasteiger partial charge in [0.1, 0.15) is 11.2 Å². The van der Waals surface area contributed by atoms with E-state index in [-0.39, 0.29) is 25.4 Å². The van der Waals surface area contributed by atoms with Gasteiger partial charge in [-0.05, 0) is 24.5 Å². The van der Waals surface area contributed by atoms with Gasteiger partial charge in [-0.3, -0.25) is 9.59 Å². The summed E-state index contributed by atoms with van der Waals surface area (Å²) in [5.41, 5.74) is -4.53. The Morgan fingerprint density at radius 2 is 1.70 bits per heavy atom. The van der Waals surface area contributed by atoms with Crippen LogP contribution in [0.15, 0.2) is 23.3 Å². The molecule has 0 aliphatic heterocycles. The number of fused-ring (bicyclic) bond motifs is 5. The van der Waals surface area contributed by atoms with E-state index in [1.807, 2.05) is 13.8 Å². The summed E-state index contributed by atoms with van der Waals surface area (Å²) in [4.78, 5) is 26.1. The number of carbonyl (C=O) groups excluding carboxylic acids is 2. The van der Waals surface area contributed by atoms with E-state index in [1.54, 1.807) is 26.0 Å². The van der Waals surface area contributed by atoms with Gasteiger partial charge >= 0.3 is 5.97 Å². The van der Waals surface area contributed by atoms with Crippen molar-refractivity contribution in [3.8, 4) is 0 Å². The second kappa shape index (κ2) is 9.89. The lowest BCUT2D eigenvalue weighted by Gasteiger charge is -2.52. The number of aliphatic hydroxyl groups excluding tert-OH is 2. The molecule has 0 aromatic carbocycles. The Hall–Kier alpha value is -1.54. The minimum absolute atomic E-state index is 0.0827. The van der Waals surface area contributed by atoms with Crippen molar-refractivity contribution >= 4 is 11.8 Å². The summed E-state index contributed by atoms with van der Waals surface area (Å²) < 4.78 is 6.14. The van der Waals surface area contributed by atoms with E-state index in [2.05, 4.69) is 6.92 Å². The highest BCUT2D eigenvalue weighted by Crippen LogP contribution is 2.76. The third-order valence-electron chi connectivity index (χ3n) is 10.3. The lowest BCUT2D eigenvalue weighted by molar-refractivity contribution is -0.219. The first-order valence-electron chi connectivity index (χ1n) is 14.2. The van der Waals surface area contributed by atoms with Gasteiger partial charge in [-0.2, -0.15) is 0 Å². The van der Waals surface area contributed by atoms with Crippen LogP contribution in [0.3, 0.4) is 0 Å². The number of ether oxygens (including phenoxy) is 1. The lowest BCUT2D eigenvalue weighted by atomic mass is 9.59. The minimum atomic E-state index is -1.89. The van der Waals surface area contributed by atoms with Gasteiger partial charge < -0.3 is 25.2 Å². The molecule has 4 aliphatic rings. The number of aliphatic hydroxyl groups is 4. The van der Waals surface area contributed by atoms with Gasteiger partial charge in [0.2, 0.25) is 0 Å². The standard InChI is InChI=1S/C30H46O7/c1-6-7-8-9-10-11-12-13-23(32)37-30-24(27(30,4)5)21-15-20(17-31)16-28(35)22(14-18(2)25(28)33)29(21,36)19(3)26(30)34/h14-15,19,21-22,24,26,31,34-36H,6-13,16-17H2,1-5H3/t19-,21?,22-,24-,26-,28-,29-,30-/m1/s1. The molecule has 0 saturated heterocycles. The van der Waals surface area contributed by atoms with Crippen molar-refractivity contribution in [3.05, 3.63) is 23.3 Å². The van der Waals surface area contributed by atoms with Crippen LogP contribution in [-0.4, -0.2) is 61.7 Å². The average molecular weight is 519 g/mol. The number of esters is 1. The molecule has 0 aromatic rings. The molecule has 2 saturated carbocycles. The molecular weight excluding hydrogens is 472 g/mol. The quantitative estimate of drug-likeness (QED) is 0.198. The van der Waals surface area contributed by atoms with Crippen molar-refractivity contribution < 1.29 is 34.8 Å². The molecule has 0 radical (unpaired) electrons. The maximum atomic E-state index is 13.0. The van der Waals surface area contributed by atoms with E-state index in [0.29, 0.717) is 11.1 Å². The van der Waals surface area contributed by atoms with Crippen LogP contribution in [0, 0.1) is 29.1 Å². The molecule has 0 aromatic heterocycles. The second-order valence-corrected chi connectivity index (χ2v) is 12.7. The highest BCUT2D eigenvalue weighted by atomic mass is 16.6. The third-order valence-corrected chi connectivity index (χ3v) is 10.3. The molecule has 0 heterocycles. The molecule has 0 spiro atoms. The summed E-state index contributed by atoms with van der Waals surface area (Å²) in [6.07, 6.45) is 10.0. The summed E-state index contributed by atoms with van der Waals surface area (Å²) in [5, 5.41) is 45.7. The minimum Gasteiger partial charge on any atom is -0.455 e. The molecule has 0 bridgehead atoms. The van der Waals surface area contributed by atoms with Gasteiger partial charge in [0.15, 0.2) is 5.78 Å². The number of hydrogen-bond donors (Lipinski definition) is 4. The molecule has 208 valence electrons. The fourth-order valence-corrected chi connectivity index (χ4v) is 8.13. The van der Waals surface area contributed by atoms with Crippen LogP contribution in [0.2, 0.25) is 0 Å². The zero-order chi connectivity index (χ0) is 27.4. The van der Waals surface area contributed by atoms with Crippen molar-refractivity contribution in [1.82, 2.24) is 0 Å². The van der Waals surface area contributed by atoms with E-state index >= 15 is 0 Å². The van der Waals surface area contributed by atoms with E-state index < -0.39 is 57.8 Å². The average Bonchev–Trinajstić information content (AvgIpc) is 3.28. The normalized spacial score (nSPS) is 41.6. The summed E-state index contributed by atoms with van der Waals surface area (Å²) in [6.45, 7) is 9.03. The molecule has 4 rings (SSSR count). The number of Topliss-reactive ketones (excluding diaryl/α,β-unsaturated/α-hetero) is 1. The van der Waals surface area contributed by atoms with Crippen LogP contribution in [0.4, 0.5) is 0 Å². The number of rotatable bonds is 10. The van der Waals surface area contributed by atoms with Crippen LogP contribution in [-0.2, 0) is 14.3 Å². The Morgan fingerprint density at radius 3 is 2.32 bits per heavy atom. The topological polar surface area (TPSA) is 124 Å². The number of unbranched alkanes of at least 4 members (excludes halogenated alkanes) is 6. The van der Waals surface area contributed by atoms with Crippen LogP contribution >= 0.6 is 0 Å². The van der Waals surface area contributed by atoms with Crippen molar-refractivity contribution in [3.63, 3.8) is 0 Å². The van der Waals surface area contributed by atoms with Gasteiger partial charge in [0.05, 0.1) is 18.3 Å². The van der Waals surface area contributed by atoms with Gasteiger partial charge in [-0.1, -0.05) is 78.4 Å². The summed E-state index contributed by atoms with van der Waals surface area (Å²) >= 11 is 0. The first kappa shape index (κ1) is 28.5. The van der Waals surface area contributed by atoms with Crippen molar-refractivity contribution in [1.29, 1.82) is 0 Å². The Bertz CT molecular complexity index is 982. The molecule has 37 heavy (non-hydrogen) atoms. The zero-order valence-corrected chi connectivity index (χ0v) is 23.1. The van der Waals surface area contributed by atoms with Gasteiger partial charge in [0, 0.05) is 41.9 Å². The Labute approximate surface area is 221 Å². The van der Waals surface area contributed by atoms with Gasteiger partial charge in [0.25, 0.3) is 0 Å². The summed E-state index contributed by atoms with van der Waals surface area (Å²) in [6, 6.07) is 0. The Kier molecular flexibility index (Phi) is 7.61. The number of hydrogen-bond acceptors (Lipinski definition) is 7. The largest absolute Gasteiger partial charge is 0.455 e. The lowest BCUT2D eigenvalue weighted by Crippen LogP contribution is -2.65. The maximum Gasteiger partial charge on any atom is 0.306 e. The predicted molar refractivity (Wildman–Crippen MR) is 139 cm³/mol. The smallest absolute Gasteiger partial charge is 0.306 e. The third kappa shape index (κ3) is 4.07. The fourth-order valence-electron chi connectivity index (χ4n) is 8.13. The van der Waals surface area contributed by atoms with E-state index in [0.717, 1.165) is 19.3 Å². The van der Waals surface area contributed by atoms with Crippen molar-refractivity contribution in [2.24, 2.45) is 29.1 Å². The first-order chi connectivity index (χ1) is 17.3. The molecule has 1 unspecified atom stereocenters. The SMILES string of the molecule is CCCCCCCCCC(=O)O[C@@]12[C@H](O)[C@@H](C)[C@@]3(O)C(C=C(CO)C[C@]4(O)C(=O)C(C)=C[C@@H]34)[C@@H]1C2(C)C. The molecule has 0 amide bonds. The molecule has 7 nitrogen and oxygen atoms in total. The summed E-state index contributed by atoms with van der Waals surface area (Å²) in [5.74, 6) is -3.60. The Morgan fingerprint density at radius 1 is 1.08 bits per heavy atom. The van der Waals surface area contributed by atoms with Crippen LogP contribution < -0.4 is 0 Å². The van der Waals surface area contributed by atoms with E-state index in [4.69, 9.17) is 4.74 Å². The number of ketones is 1. The second-order valence-electron chi connectivity index (χ2n) is 12.7. The monoisotopic (exact) mass is 518 g/mol.